The molecule has 0 spiro atoms. The Morgan fingerprint density at radius 3 is 2.84 bits per heavy atom. The van der Waals surface area contributed by atoms with Crippen LogP contribution in [-0.4, -0.2) is 41.6 Å². The number of hydrogen-bond donors (Lipinski definition) is 2. The van der Waals surface area contributed by atoms with Gasteiger partial charge in [0.15, 0.2) is 0 Å². The van der Waals surface area contributed by atoms with Crippen molar-refractivity contribution in [3.8, 4) is 0 Å². The minimum Gasteiger partial charge on any atom is -0.315 e. The molecule has 0 saturated heterocycles. The molecule has 1 aliphatic heterocycles. The van der Waals surface area contributed by atoms with Crippen molar-refractivity contribution < 1.29 is 0 Å². The first-order valence-corrected chi connectivity index (χ1v) is 9.76. The Morgan fingerprint density at radius 1 is 1.24 bits per heavy atom. The van der Waals surface area contributed by atoms with Crippen LogP contribution < -0.4 is 0 Å². The maximum Gasteiger partial charge on any atom is 0.134 e. The lowest BCUT2D eigenvalue weighted by Gasteiger charge is -2.24. The smallest absolute Gasteiger partial charge is 0.134 e. The Kier molecular flexibility index (Phi) is 6.00. The third-order valence-corrected chi connectivity index (χ3v) is 5.61. The molecule has 0 amide bonds. The SMILES string of the molecule is CN(CCCC(=N)N1CCCc2sccc2C1=N)Cc1ccccc1. The summed E-state index contributed by atoms with van der Waals surface area (Å²) in [5.41, 5.74) is 2.34. The highest BCUT2D eigenvalue weighted by atomic mass is 32.1. The molecule has 1 aliphatic rings. The highest BCUT2D eigenvalue weighted by Gasteiger charge is 2.22. The van der Waals surface area contributed by atoms with Gasteiger partial charge in [-0.05, 0) is 49.9 Å². The summed E-state index contributed by atoms with van der Waals surface area (Å²) in [4.78, 5) is 5.49. The van der Waals surface area contributed by atoms with Crippen molar-refractivity contribution >= 4 is 23.0 Å². The van der Waals surface area contributed by atoms with E-state index in [9.17, 15) is 0 Å². The summed E-state index contributed by atoms with van der Waals surface area (Å²) < 4.78 is 0. The fraction of sp³-hybridized carbons (Fsp3) is 0.400. The van der Waals surface area contributed by atoms with Gasteiger partial charge in [0.2, 0.25) is 0 Å². The van der Waals surface area contributed by atoms with Crippen LogP contribution in [0.4, 0.5) is 0 Å². The van der Waals surface area contributed by atoms with Gasteiger partial charge in [0.1, 0.15) is 11.7 Å². The van der Waals surface area contributed by atoms with Crippen LogP contribution in [0.3, 0.4) is 0 Å². The highest BCUT2D eigenvalue weighted by molar-refractivity contribution is 7.10. The monoisotopic (exact) mass is 354 g/mol. The molecule has 2 heterocycles. The summed E-state index contributed by atoms with van der Waals surface area (Å²) in [5, 5.41) is 19.0. The van der Waals surface area contributed by atoms with Crippen LogP contribution in [0, 0.1) is 10.8 Å². The average Bonchev–Trinajstić information content (AvgIpc) is 3.01. The highest BCUT2D eigenvalue weighted by Crippen LogP contribution is 2.24. The van der Waals surface area contributed by atoms with Crippen LogP contribution in [0.5, 0.6) is 0 Å². The second kappa shape index (κ2) is 8.41. The Labute approximate surface area is 154 Å². The Balaban J connectivity index is 1.48. The van der Waals surface area contributed by atoms with E-state index in [4.69, 9.17) is 10.8 Å². The van der Waals surface area contributed by atoms with Gasteiger partial charge in [-0.3, -0.25) is 10.8 Å². The van der Waals surface area contributed by atoms with E-state index < -0.39 is 0 Å². The van der Waals surface area contributed by atoms with E-state index in [1.165, 1.54) is 10.4 Å². The predicted octanol–water partition coefficient (Wildman–Crippen LogP) is 4.21. The van der Waals surface area contributed by atoms with Gasteiger partial charge in [-0.1, -0.05) is 30.3 Å². The molecule has 0 atom stereocenters. The number of nitrogens with zero attached hydrogens (tertiary/aromatic N) is 2. The summed E-state index contributed by atoms with van der Waals surface area (Å²) in [6.07, 6.45) is 3.72. The topological polar surface area (TPSA) is 54.2 Å². The first kappa shape index (κ1) is 17.8. The maximum atomic E-state index is 8.46. The fourth-order valence-electron chi connectivity index (χ4n) is 3.30. The number of amidine groups is 2. The first-order chi connectivity index (χ1) is 12.1. The standard InChI is InChI=1S/C20H26N4S/c1-23(15-16-7-3-2-4-8-16)12-6-10-19(21)24-13-5-9-18-17(20(24)22)11-14-25-18/h2-4,7-8,11,14,21-22H,5-6,9-10,12-13,15H2,1H3. The van der Waals surface area contributed by atoms with Crippen molar-refractivity contribution in [3.05, 3.63) is 57.8 Å². The van der Waals surface area contributed by atoms with Crippen molar-refractivity contribution in [2.45, 2.75) is 32.2 Å². The molecule has 0 unspecified atom stereocenters. The number of thiophene rings is 1. The number of rotatable bonds is 6. The van der Waals surface area contributed by atoms with E-state index in [2.05, 4.69) is 41.6 Å². The number of nitrogens with one attached hydrogen (secondary N) is 2. The molecule has 132 valence electrons. The molecule has 0 aliphatic carbocycles. The van der Waals surface area contributed by atoms with Gasteiger partial charge in [-0.2, -0.15) is 0 Å². The molecule has 5 heteroatoms. The summed E-state index contributed by atoms with van der Waals surface area (Å²) in [6, 6.07) is 12.5. The molecule has 0 fully saturated rings. The molecule has 1 aromatic carbocycles. The van der Waals surface area contributed by atoms with Crippen LogP contribution in [-0.2, 0) is 13.0 Å². The van der Waals surface area contributed by atoms with Gasteiger partial charge in [0.25, 0.3) is 0 Å². The maximum absolute atomic E-state index is 8.46. The Bertz CT molecular complexity index is 722. The van der Waals surface area contributed by atoms with E-state index in [-0.39, 0.29) is 0 Å². The summed E-state index contributed by atoms with van der Waals surface area (Å²) in [7, 11) is 2.13. The molecule has 0 radical (unpaired) electrons. The molecule has 2 N–H and O–H groups in total. The molecular formula is C20H26N4S. The number of hydrogen-bond acceptors (Lipinski definition) is 4. The van der Waals surface area contributed by atoms with E-state index in [1.807, 2.05) is 17.0 Å². The van der Waals surface area contributed by atoms with Crippen LogP contribution >= 0.6 is 11.3 Å². The third kappa shape index (κ3) is 4.55. The zero-order chi connectivity index (χ0) is 17.6. The average molecular weight is 355 g/mol. The molecule has 4 nitrogen and oxygen atoms in total. The third-order valence-electron chi connectivity index (χ3n) is 4.63. The minimum absolute atomic E-state index is 0.511. The lowest BCUT2D eigenvalue weighted by Crippen LogP contribution is -2.36. The zero-order valence-electron chi connectivity index (χ0n) is 14.8. The van der Waals surface area contributed by atoms with Gasteiger partial charge in [-0.15, -0.1) is 11.3 Å². The molecule has 25 heavy (non-hydrogen) atoms. The van der Waals surface area contributed by atoms with Crippen molar-refractivity contribution in [2.75, 3.05) is 20.1 Å². The second-order valence-electron chi connectivity index (χ2n) is 6.63. The number of fused-ring (bicyclic) bond motifs is 1. The van der Waals surface area contributed by atoms with Crippen LogP contribution in [0.2, 0.25) is 0 Å². The number of benzene rings is 1. The van der Waals surface area contributed by atoms with Crippen LogP contribution in [0.25, 0.3) is 0 Å². The van der Waals surface area contributed by atoms with Gasteiger partial charge in [-0.25, -0.2) is 0 Å². The van der Waals surface area contributed by atoms with E-state index in [1.54, 1.807) is 11.3 Å². The van der Waals surface area contributed by atoms with Crippen molar-refractivity contribution in [1.29, 1.82) is 10.8 Å². The second-order valence-corrected chi connectivity index (χ2v) is 7.64. The van der Waals surface area contributed by atoms with E-state index in [0.717, 1.165) is 50.9 Å². The minimum atomic E-state index is 0.511. The first-order valence-electron chi connectivity index (χ1n) is 8.88. The van der Waals surface area contributed by atoms with Gasteiger partial charge in [0, 0.05) is 30.0 Å². The molecule has 0 bridgehead atoms. The lowest BCUT2D eigenvalue weighted by atomic mass is 10.2. The lowest BCUT2D eigenvalue weighted by molar-refractivity contribution is 0.323. The van der Waals surface area contributed by atoms with Gasteiger partial charge < -0.3 is 9.80 Å². The largest absolute Gasteiger partial charge is 0.315 e. The molecule has 0 saturated carbocycles. The molecule has 3 rings (SSSR count). The van der Waals surface area contributed by atoms with Crippen LogP contribution in [0.1, 0.15) is 35.3 Å². The summed E-state index contributed by atoms with van der Waals surface area (Å²) in [6.45, 7) is 2.69. The van der Waals surface area contributed by atoms with E-state index in [0.29, 0.717) is 11.7 Å². The molecule has 1 aromatic heterocycles. The van der Waals surface area contributed by atoms with Crippen molar-refractivity contribution in [3.63, 3.8) is 0 Å². The van der Waals surface area contributed by atoms with Crippen molar-refractivity contribution in [1.82, 2.24) is 9.80 Å². The Morgan fingerprint density at radius 2 is 2.04 bits per heavy atom. The quantitative estimate of drug-likeness (QED) is 0.603. The van der Waals surface area contributed by atoms with Crippen LogP contribution in [0.15, 0.2) is 41.8 Å². The number of aryl methyl sites for hydroxylation is 1. The fourth-order valence-corrected chi connectivity index (χ4v) is 4.22. The van der Waals surface area contributed by atoms with E-state index >= 15 is 0 Å². The molecular weight excluding hydrogens is 328 g/mol. The molecule has 2 aromatic rings. The zero-order valence-corrected chi connectivity index (χ0v) is 15.6. The summed E-state index contributed by atoms with van der Waals surface area (Å²) >= 11 is 1.73. The summed E-state index contributed by atoms with van der Waals surface area (Å²) in [5.74, 6) is 1.09. The Hall–Kier alpha value is -1.98. The normalized spacial score (nSPS) is 14.5. The van der Waals surface area contributed by atoms with Gasteiger partial charge >= 0.3 is 0 Å². The van der Waals surface area contributed by atoms with Crippen molar-refractivity contribution in [2.24, 2.45) is 0 Å². The predicted molar refractivity (Wildman–Crippen MR) is 106 cm³/mol. The van der Waals surface area contributed by atoms with Gasteiger partial charge in [0.05, 0.1) is 0 Å².